The summed E-state index contributed by atoms with van der Waals surface area (Å²) < 4.78 is 15.2. The number of carbonyl (C=O) groups is 2. The van der Waals surface area contributed by atoms with Crippen molar-refractivity contribution in [3.63, 3.8) is 0 Å². The maximum atomic E-state index is 12.1. The molecule has 138 valence electrons. The summed E-state index contributed by atoms with van der Waals surface area (Å²) in [5.74, 6) is -0.0790. The molecule has 0 atom stereocenters. The number of halogens is 1. The van der Waals surface area contributed by atoms with Crippen LogP contribution in [-0.4, -0.2) is 39.2 Å². The predicted octanol–water partition coefficient (Wildman–Crippen LogP) is 2.87. The third kappa shape index (κ3) is 5.97. The third-order valence-electron chi connectivity index (χ3n) is 3.57. The van der Waals surface area contributed by atoms with Crippen LogP contribution in [0, 0.1) is 0 Å². The Kier molecular flexibility index (Phi) is 7.29. The smallest absolute Gasteiger partial charge is 0.338 e. The van der Waals surface area contributed by atoms with Crippen LogP contribution < -0.4 is 14.8 Å². The van der Waals surface area contributed by atoms with Crippen LogP contribution in [0.4, 0.5) is 0 Å². The second-order valence-electron chi connectivity index (χ2n) is 5.40. The number of ether oxygens (including phenoxy) is 3. The van der Waals surface area contributed by atoms with Gasteiger partial charge < -0.3 is 19.5 Å². The SMILES string of the molecule is COc1cc(OC)cc(C(=O)OCC(=O)NCCc2ccc(Cl)cc2)c1. The Morgan fingerprint density at radius 1 is 1.00 bits per heavy atom. The Morgan fingerprint density at radius 2 is 1.62 bits per heavy atom. The van der Waals surface area contributed by atoms with Gasteiger partial charge in [0.15, 0.2) is 6.61 Å². The van der Waals surface area contributed by atoms with Crippen molar-refractivity contribution in [1.29, 1.82) is 0 Å². The lowest BCUT2D eigenvalue weighted by molar-refractivity contribution is -0.124. The molecule has 0 heterocycles. The van der Waals surface area contributed by atoms with Crippen LogP contribution in [0.3, 0.4) is 0 Å². The molecule has 0 saturated heterocycles. The molecule has 6 nitrogen and oxygen atoms in total. The number of rotatable bonds is 8. The monoisotopic (exact) mass is 377 g/mol. The molecule has 2 rings (SSSR count). The number of methoxy groups -OCH3 is 2. The van der Waals surface area contributed by atoms with E-state index >= 15 is 0 Å². The van der Waals surface area contributed by atoms with Crippen LogP contribution in [0.5, 0.6) is 11.5 Å². The Hall–Kier alpha value is -2.73. The highest BCUT2D eigenvalue weighted by Crippen LogP contribution is 2.22. The first-order valence-electron chi connectivity index (χ1n) is 7.93. The Balaban J connectivity index is 1.79. The van der Waals surface area contributed by atoms with Gasteiger partial charge in [0.2, 0.25) is 0 Å². The molecule has 1 amide bonds. The lowest BCUT2D eigenvalue weighted by Crippen LogP contribution is -2.30. The van der Waals surface area contributed by atoms with Gasteiger partial charge in [-0.25, -0.2) is 4.79 Å². The van der Waals surface area contributed by atoms with Crippen molar-refractivity contribution < 1.29 is 23.8 Å². The fraction of sp³-hybridized carbons (Fsp3) is 0.263. The van der Waals surface area contributed by atoms with Gasteiger partial charge in [0.25, 0.3) is 5.91 Å². The summed E-state index contributed by atoms with van der Waals surface area (Å²) in [4.78, 5) is 23.9. The number of hydrogen-bond donors (Lipinski definition) is 1. The molecule has 0 fully saturated rings. The second kappa shape index (κ2) is 9.68. The highest BCUT2D eigenvalue weighted by Gasteiger charge is 2.13. The number of benzene rings is 2. The normalized spacial score (nSPS) is 10.1. The van der Waals surface area contributed by atoms with Crippen molar-refractivity contribution in [2.24, 2.45) is 0 Å². The molecule has 26 heavy (non-hydrogen) atoms. The van der Waals surface area contributed by atoms with Gasteiger partial charge in [-0.05, 0) is 36.2 Å². The van der Waals surface area contributed by atoms with E-state index in [0.717, 1.165) is 5.56 Å². The molecule has 2 aromatic carbocycles. The number of esters is 1. The van der Waals surface area contributed by atoms with Crippen molar-refractivity contribution in [3.8, 4) is 11.5 Å². The maximum absolute atomic E-state index is 12.1. The van der Waals surface area contributed by atoms with Crippen molar-refractivity contribution in [1.82, 2.24) is 5.32 Å². The zero-order valence-corrected chi connectivity index (χ0v) is 15.3. The molecule has 0 aliphatic rings. The summed E-state index contributed by atoms with van der Waals surface area (Å²) in [5, 5.41) is 3.36. The molecule has 0 unspecified atom stereocenters. The molecule has 0 aliphatic heterocycles. The van der Waals surface area contributed by atoms with Crippen molar-refractivity contribution in [2.45, 2.75) is 6.42 Å². The van der Waals surface area contributed by atoms with Crippen LogP contribution in [0.1, 0.15) is 15.9 Å². The van der Waals surface area contributed by atoms with Gasteiger partial charge in [-0.15, -0.1) is 0 Å². The highest BCUT2D eigenvalue weighted by molar-refractivity contribution is 6.30. The lowest BCUT2D eigenvalue weighted by Gasteiger charge is -2.09. The molecule has 0 spiro atoms. The molecule has 0 radical (unpaired) electrons. The van der Waals surface area contributed by atoms with E-state index in [1.165, 1.54) is 26.4 Å². The fourth-order valence-corrected chi connectivity index (χ4v) is 2.31. The van der Waals surface area contributed by atoms with Crippen LogP contribution in [0.15, 0.2) is 42.5 Å². The van der Waals surface area contributed by atoms with Crippen LogP contribution in [0.2, 0.25) is 5.02 Å². The number of carbonyl (C=O) groups excluding carboxylic acids is 2. The van der Waals surface area contributed by atoms with Gasteiger partial charge in [0.05, 0.1) is 19.8 Å². The molecule has 1 N–H and O–H groups in total. The topological polar surface area (TPSA) is 73.9 Å². The zero-order chi connectivity index (χ0) is 18.9. The van der Waals surface area contributed by atoms with Gasteiger partial charge in [0.1, 0.15) is 11.5 Å². The number of amides is 1. The first kappa shape index (κ1) is 19.6. The standard InChI is InChI=1S/C19H20ClNO5/c1-24-16-9-14(10-17(11-16)25-2)19(23)26-12-18(22)21-8-7-13-3-5-15(20)6-4-13/h3-6,9-11H,7-8,12H2,1-2H3,(H,21,22). The summed E-state index contributed by atoms with van der Waals surface area (Å²) in [5.41, 5.74) is 1.30. The van der Waals surface area contributed by atoms with E-state index in [4.69, 9.17) is 25.8 Å². The van der Waals surface area contributed by atoms with E-state index in [2.05, 4.69) is 5.32 Å². The number of hydrogen-bond acceptors (Lipinski definition) is 5. The van der Waals surface area contributed by atoms with E-state index in [0.29, 0.717) is 29.5 Å². The van der Waals surface area contributed by atoms with Crippen LogP contribution in [-0.2, 0) is 16.0 Å². The predicted molar refractivity (Wildman–Crippen MR) is 98.0 cm³/mol. The fourth-order valence-electron chi connectivity index (χ4n) is 2.19. The number of nitrogens with one attached hydrogen (secondary N) is 1. The Bertz CT molecular complexity index is 739. The zero-order valence-electron chi connectivity index (χ0n) is 14.6. The largest absolute Gasteiger partial charge is 0.497 e. The maximum Gasteiger partial charge on any atom is 0.338 e. The van der Waals surface area contributed by atoms with Gasteiger partial charge in [0, 0.05) is 17.6 Å². The van der Waals surface area contributed by atoms with E-state index in [9.17, 15) is 9.59 Å². The molecule has 7 heteroatoms. The van der Waals surface area contributed by atoms with Crippen LogP contribution in [0.25, 0.3) is 0 Å². The first-order chi connectivity index (χ1) is 12.5. The third-order valence-corrected chi connectivity index (χ3v) is 3.82. The second-order valence-corrected chi connectivity index (χ2v) is 5.84. The van der Waals surface area contributed by atoms with Crippen LogP contribution >= 0.6 is 11.6 Å². The first-order valence-corrected chi connectivity index (χ1v) is 8.31. The average Bonchev–Trinajstić information content (AvgIpc) is 2.67. The highest BCUT2D eigenvalue weighted by atomic mass is 35.5. The van der Waals surface area contributed by atoms with Gasteiger partial charge in [-0.3, -0.25) is 4.79 Å². The van der Waals surface area contributed by atoms with Crippen molar-refractivity contribution in [2.75, 3.05) is 27.4 Å². The molecule has 0 aromatic heterocycles. The molecular formula is C19H20ClNO5. The Labute approximate surface area is 157 Å². The van der Waals surface area contributed by atoms with E-state index in [-0.39, 0.29) is 18.1 Å². The molecule has 2 aromatic rings. The van der Waals surface area contributed by atoms with E-state index in [1.807, 2.05) is 12.1 Å². The van der Waals surface area contributed by atoms with E-state index in [1.54, 1.807) is 18.2 Å². The molecule has 0 bridgehead atoms. The van der Waals surface area contributed by atoms with E-state index < -0.39 is 5.97 Å². The van der Waals surface area contributed by atoms with Crippen molar-refractivity contribution >= 4 is 23.5 Å². The minimum absolute atomic E-state index is 0.246. The van der Waals surface area contributed by atoms with Gasteiger partial charge in [-0.2, -0.15) is 0 Å². The molecule has 0 saturated carbocycles. The summed E-state index contributed by atoms with van der Waals surface area (Å²) in [6.45, 7) is 0.0734. The summed E-state index contributed by atoms with van der Waals surface area (Å²) in [6.07, 6.45) is 0.657. The van der Waals surface area contributed by atoms with Gasteiger partial charge in [-0.1, -0.05) is 23.7 Å². The summed E-state index contributed by atoms with van der Waals surface area (Å²) >= 11 is 5.82. The minimum atomic E-state index is -0.630. The lowest BCUT2D eigenvalue weighted by atomic mass is 10.1. The molecule has 0 aliphatic carbocycles. The minimum Gasteiger partial charge on any atom is -0.497 e. The summed E-state index contributed by atoms with van der Waals surface area (Å²) in [6, 6.07) is 12.0. The van der Waals surface area contributed by atoms with Crippen molar-refractivity contribution in [3.05, 3.63) is 58.6 Å². The average molecular weight is 378 g/mol. The van der Waals surface area contributed by atoms with Gasteiger partial charge >= 0.3 is 5.97 Å². The quantitative estimate of drug-likeness (QED) is 0.716. The summed E-state index contributed by atoms with van der Waals surface area (Å²) in [7, 11) is 2.97. The Morgan fingerprint density at radius 3 is 2.19 bits per heavy atom. The molecular weight excluding hydrogens is 358 g/mol.